The van der Waals surface area contributed by atoms with Crippen LogP contribution in [-0.2, 0) is 7.05 Å². The zero-order valence-corrected chi connectivity index (χ0v) is 8.94. The van der Waals surface area contributed by atoms with Gasteiger partial charge in [-0.25, -0.2) is 4.39 Å². The highest BCUT2D eigenvalue weighted by molar-refractivity contribution is 6.09. The van der Waals surface area contributed by atoms with E-state index in [0.717, 1.165) is 11.9 Å². The molecule has 0 unspecified atom stereocenters. The number of ketones is 1. The molecule has 16 heavy (non-hydrogen) atoms. The van der Waals surface area contributed by atoms with Crippen LogP contribution in [0.1, 0.15) is 21.6 Å². The van der Waals surface area contributed by atoms with E-state index in [1.807, 2.05) is 0 Å². The highest BCUT2D eigenvalue weighted by atomic mass is 19.1. The number of rotatable bonds is 2. The monoisotopic (exact) mass is 219 g/mol. The van der Waals surface area contributed by atoms with Crippen molar-refractivity contribution in [3.05, 3.63) is 47.3 Å². The maximum atomic E-state index is 12.9. The summed E-state index contributed by atoms with van der Waals surface area (Å²) in [5.74, 6) is -0.787. The Morgan fingerprint density at radius 1 is 1.38 bits per heavy atom. The first-order valence-electron chi connectivity index (χ1n) is 4.73. The Morgan fingerprint density at radius 2 is 2.12 bits per heavy atom. The zero-order valence-electron chi connectivity index (χ0n) is 8.94. The molecule has 4 nitrogen and oxygen atoms in total. The largest absolute Gasteiger partial charge is 0.288 e. The number of aryl methyl sites for hydroxylation is 1. The van der Waals surface area contributed by atoms with Gasteiger partial charge in [-0.05, 0) is 13.0 Å². The normalized spacial score (nSPS) is 10.4. The van der Waals surface area contributed by atoms with Crippen LogP contribution in [-0.4, -0.2) is 20.5 Å². The van der Waals surface area contributed by atoms with Crippen LogP contribution in [0.2, 0.25) is 0 Å². The first-order valence-corrected chi connectivity index (χ1v) is 4.73. The standard InChI is InChI=1S/C11H10FN3O/c1-7-10(6-14-15(7)2)11(16)8-3-9(12)5-13-4-8/h3-6H,1-2H3. The first kappa shape index (κ1) is 10.5. The Labute approximate surface area is 91.7 Å². The molecule has 0 bridgehead atoms. The predicted molar refractivity (Wildman–Crippen MR) is 55.6 cm³/mol. The predicted octanol–water partition coefficient (Wildman–Crippen LogP) is 1.49. The van der Waals surface area contributed by atoms with Crippen LogP contribution in [0.4, 0.5) is 4.39 Å². The summed E-state index contributed by atoms with van der Waals surface area (Å²) in [6.45, 7) is 1.78. The minimum atomic E-state index is -0.521. The average molecular weight is 219 g/mol. The Balaban J connectivity index is 2.43. The molecule has 0 fully saturated rings. The minimum absolute atomic E-state index is 0.233. The van der Waals surface area contributed by atoms with Crippen molar-refractivity contribution in [1.82, 2.24) is 14.8 Å². The molecule has 0 saturated heterocycles. The summed E-state index contributed by atoms with van der Waals surface area (Å²) in [5, 5.41) is 3.97. The second-order valence-corrected chi connectivity index (χ2v) is 3.49. The number of aromatic nitrogens is 3. The molecular formula is C11H10FN3O. The summed E-state index contributed by atoms with van der Waals surface area (Å²) in [6, 6.07) is 1.17. The summed E-state index contributed by atoms with van der Waals surface area (Å²) in [4.78, 5) is 15.6. The third-order valence-corrected chi connectivity index (χ3v) is 2.45. The lowest BCUT2D eigenvalue weighted by Crippen LogP contribution is -2.04. The molecule has 5 heteroatoms. The first-order chi connectivity index (χ1) is 7.59. The van der Waals surface area contributed by atoms with Crippen molar-refractivity contribution in [2.24, 2.45) is 7.05 Å². The number of hydrogen-bond acceptors (Lipinski definition) is 3. The number of nitrogens with zero attached hydrogens (tertiary/aromatic N) is 3. The quantitative estimate of drug-likeness (QED) is 0.719. The van der Waals surface area contributed by atoms with Crippen LogP contribution >= 0.6 is 0 Å². The molecule has 0 aliphatic heterocycles. The fourth-order valence-electron chi connectivity index (χ4n) is 1.41. The molecule has 0 aliphatic carbocycles. The van der Waals surface area contributed by atoms with Crippen molar-refractivity contribution in [2.45, 2.75) is 6.92 Å². The van der Waals surface area contributed by atoms with Crippen LogP contribution in [0, 0.1) is 12.7 Å². The van der Waals surface area contributed by atoms with Gasteiger partial charge in [0.25, 0.3) is 0 Å². The van der Waals surface area contributed by atoms with Crippen LogP contribution < -0.4 is 0 Å². The van der Waals surface area contributed by atoms with Crippen LogP contribution in [0.25, 0.3) is 0 Å². The number of pyridine rings is 1. The summed E-state index contributed by atoms with van der Waals surface area (Å²) in [7, 11) is 1.75. The summed E-state index contributed by atoms with van der Waals surface area (Å²) in [5.41, 5.74) is 1.44. The number of halogens is 1. The molecule has 0 N–H and O–H groups in total. The molecule has 2 rings (SSSR count). The summed E-state index contributed by atoms with van der Waals surface area (Å²) >= 11 is 0. The molecule has 2 aromatic heterocycles. The number of carbonyl (C=O) groups excluding carboxylic acids is 1. The van der Waals surface area contributed by atoms with E-state index in [4.69, 9.17) is 0 Å². The lowest BCUT2D eigenvalue weighted by molar-refractivity contribution is 0.103. The Morgan fingerprint density at radius 3 is 2.69 bits per heavy atom. The molecular weight excluding hydrogens is 209 g/mol. The second-order valence-electron chi connectivity index (χ2n) is 3.49. The van der Waals surface area contributed by atoms with Gasteiger partial charge in [-0.3, -0.25) is 14.5 Å². The molecule has 0 spiro atoms. The van der Waals surface area contributed by atoms with Crippen LogP contribution in [0.15, 0.2) is 24.7 Å². The van der Waals surface area contributed by atoms with Gasteiger partial charge in [-0.2, -0.15) is 5.10 Å². The van der Waals surface area contributed by atoms with Gasteiger partial charge in [0.05, 0.1) is 18.0 Å². The SMILES string of the molecule is Cc1c(C(=O)c2cncc(F)c2)cnn1C. The van der Waals surface area contributed by atoms with Crippen molar-refractivity contribution in [3.8, 4) is 0 Å². The fraction of sp³-hybridized carbons (Fsp3) is 0.182. The topological polar surface area (TPSA) is 47.8 Å². The van der Waals surface area contributed by atoms with E-state index < -0.39 is 5.82 Å². The third-order valence-electron chi connectivity index (χ3n) is 2.45. The van der Waals surface area contributed by atoms with Gasteiger partial charge in [0.1, 0.15) is 5.82 Å². The Hall–Kier alpha value is -2.04. The molecule has 0 aliphatic rings. The average Bonchev–Trinajstić information content (AvgIpc) is 2.59. The maximum Gasteiger partial charge on any atom is 0.198 e. The van der Waals surface area contributed by atoms with Crippen molar-refractivity contribution >= 4 is 5.78 Å². The molecule has 0 radical (unpaired) electrons. The zero-order chi connectivity index (χ0) is 11.7. The third kappa shape index (κ3) is 1.71. The van der Waals surface area contributed by atoms with E-state index in [2.05, 4.69) is 10.1 Å². The molecule has 2 aromatic rings. The van der Waals surface area contributed by atoms with Crippen molar-refractivity contribution in [2.75, 3.05) is 0 Å². The van der Waals surface area contributed by atoms with Crippen molar-refractivity contribution < 1.29 is 9.18 Å². The molecule has 2 heterocycles. The van der Waals surface area contributed by atoms with Crippen LogP contribution in [0.3, 0.4) is 0 Å². The highest BCUT2D eigenvalue weighted by Crippen LogP contribution is 2.12. The highest BCUT2D eigenvalue weighted by Gasteiger charge is 2.15. The van der Waals surface area contributed by atoms with Gasteiger partial charge < -0.3 is 0 Å². The lowest BCUT2D eigenvalue weighted by Gasteiger charge is -2.00. The minimum Gasteiger partial charge on any atom is -0.288 e. The number of hydrogen-bond donors (Lipinski definition) is 0. The Bertz CT molecular complexity index is 548. The van der Waals surface area contributed by atoms with E-state index in [1.54, 1.807) is 18.7 Å². The lowest BCUT2D eigenvalue weighted by atomic mass is 10.1. The fourth-order valence-corrected chi connectivity index (χ4v) is 1.41. The second kappa shape index (κ2) is 3.84. The van der Waals surface area contributed by atoms with E-state index in [-0.39, 0.29) is 11.3 Å². The van der Waals surface area contributed by atoms with Gasteiger partial charge in [-0.15, -0.1) is 0 Å². The van der Waals surface area contributed by atoms with E-state index >= 15 is 0 Å². The molecule has 82 valence electrons. The molecule has 0 atom stereocenters. The van der Waals surface area contributed by atoms with Gasteiger partial charge >= 0.3 is 0 Å². The van der Waals surface area contributed by atoms with E-state index in [9.17, 15) is 9.18 Å². The molecule has 0 aromatic carbocycles. The smallest absolute Gasteiger partial charge is 0.198 e. The maximum absolute atomic E-state index is 12.9. The van der Waals surface area contributed by atoms with Gasteiger partial charge in [0, 0.05) is 24.5 Å². The van der Waals surface area contributed by atoms with Gasteiger partial charge in [0.2, 0.25) is 0 Å². The summed E-state index contributed by atoms with van der Waals surface area (Å²) < 4.78 is 14.5. The van der Waals surface area contributed by atoms with Gasteiger partial charge in [0.15, 0.2) is 5.78 Å². The van der Waals surface area contributed by atoms with Crippen molar-refractivity contribution in [1.29, 1.82) is 0 Å². The van der Waals surface area contributed by atoms with E-state index in [0.29, 0.717) is 5.56 Å². The molecule has 0 amide bonds. The van der Waals surface area contributed by atoms with Gasteiger partial charge in [-0.1, -0.05) is 0 Å². The number of carbonyl (C=O) groups is 1. The summed E-state index contributed by atoms with van der Waals surface area (Å²) in [6.07, 6.45) is 3.88. The van der Waals surface area contributed by atoms with E-state index in [1.165, 1.54) is 18.5 Å². The Kier molecular flexibility index (Phi) is 2.52. The van der Waals surface area contributed by atoms with Crippen LogP contribution in [0.5, 0.6) is 0 Å². The van der Waals surface area contributed by atoms with Crippen molar-refractivity contribution in [3.63, 3.8) is 0 Å². The molecule has 0 saturated carbocycles.